The van der Waals surface area contributed by atoms with Crippen molar-refractivity contribution in [2.45, 2.75) is 31.7 Å². The summed E-state index contributed by atoms with van der Waals surface area (Å²) in [7, 11) is 0. The number of hydrogen-bond acceptors (Lipinski definition) is 2. The summed E-state index contributed by atoms with van der Waals surface area (Å²) in [5.41, 5.74) is 2.01. The zero-order chi connectivity index (χ0) is 17.1. The van der Waals surface area contributed by atoms with Crippen molar-refractivity contribution in [2.24, 2.45) is 0 Å². The van der Waals surface area contributed by atoms with Crippen LogP contribution in [0.25, 0.3) is 11.0 Å². The van der Waals surface area contributed by atoms with Crippen molar-refractivity contribution in [2.75, 3.05) is 13.1 Å². The van der Waals surface area contributed by atoms with Gasteiger partial charge in [-0.25, -0.2) is 0 Å². The van der Waals surface area contributed by atoms with E-state index in [1.54, 1.807) is 0 Å². The van der Waals surface area contributed by atoms with Gasteiger partial charge in [-0.1, -0.05) is 48.5 Å². The summed E-state index contributed by atoms with van der Waals surface area (Å²) in [6.45, 7) is 2.15. The number of furan rings is 1. The SMILES string of the molecule is O=C(c1cc2ccccc2o1)[C@@H](Cc1ccccc1)[NH+]1CCCCC1. The first-order valence-electron chi connectivity index (χ1n) is 9.22. The highest BCUT2D eigenvalue weighted by Crippen LogP contribution is 2.20. The van der Waals surface area contributed by atoms with Crippen LogP contribution in [0, 0.1) is 0 Å². The van der Waals surface area contributed by atoms with Crippen LogP contribution in [0.3, 0.4) is 0 Å². The van der Waals surface area contributed by atoms with Crippen LogP contribution >= 0.6 is 0 Å². The molecule has 1 aromatic heterocycles. The molecule has 0 aliphatic carbocycles. The molecule has 0 spiro atoms. The number of Topliss-reactive ketones (excluding diaryl/α,β-unsaturated/α-hetero) is 1. The lowest BCUT2D eigenvalue weighted by atomic mass is 9.97. The molecule has 3 nitrogen and oxygen atoms in total. The van der Waals surface area contributed by atoms with Crippen molar-refractivity contribution in [3.63, 3.8) is 0 Å². The highest BCUT2D eigenvalue weighted by atomic mass is 16.3. The van der Waals surface area contributed by atoms with Gasteiger partial charge >= 0.3 is 0 Å². The quantitative estimate of drug-likeness (QED) is 0.727. The number of rotatable bonds is 5. The molecule has 128 valence electrons. The average Bonchev–Trinajstić information content (AvgIpc) is 3.11. The van der Waals surface area contributed by atoms with E-state index in [2.05, 4.69) is 12.1 Å². The van der Waals surface area contributed by atoms with Gasteiger partial charge < -0.3 is 9.32 Å². The Morgan fingerprint density at radius 1 is 0.960 bits per heavy atom. The van der Waals surface area contributed by atoms with Gasteiger partial charge in [0.05, 0.1) is 13.1 Å². The lowest BCUT2D eigenvalue weighted by Gasteiger charge is -2.30. The highest BCUT2D eigenvalue weighted by molar-refractivity contribution is 6.00. The standard InChI is InChI=1S/C22H23NO2/c24-22(21-16-18-11-5-6-12-20(18)25-21)19(23-13-7-2-8-14-23)15-17-9-3-1-4-10-17/h1,3-6,9-12,16,19H,2,7-8,13-15H2/p+1/t19-/m1/s1. The first-order valence-corrected chi connectivity index (χ1v) is 9.22. The fourth-order valence-corrected chi connectivity index (χ4v) is 3.90. The van der Waals surface area contributed by atoms with E-state index in [4.69, 9.17) is 4.42 Å². The van der Waals surface area contributed by atoms with Gasteiger partial charge in [0.25, 0.3) is 5.78 Å². The highest BCUT2D eigenvalue weighted by Gasteiger charge is 2.33. The van der Waals surface area contributed by atoms with Crippen LogP contribution in [-0.4, -0.2) is 24.9 Å². The normalized spacial score (nSPS) is 16.8. The maximum absolute atomic E-state index is 13.3. The van der Waals surface area contributed by atoms with E-state index in [1.807, 2.05) is 48.5 Å². The number of piperidine rings is 1. The Morgan fingerprint density at radius 3 is 2.44 bits per heavy atom. The molecular weight excluding hydrogens is 310 g/mol. The van der Waals surface area contributed by atoms with Gasteiger partial charge in [0.2, 0.25) is 0 Å². The molecule has 2 heterocycles. The fraction of sp³-hybridized carbons (Fsp3) is 0.318. The van der Waals surface area contributed by atoms with E-state index in [-0.39, 0.29) is 11.8 Å². The summed E-state index contributed by atoms with van der Waals surface area (Å²) >= 11 is 0. The van der Waals surface area contributed by atoms with E-state index < -0.39 is 0 Å². The van der Waals surface area contributed by atoms with Crippen molar-refractivity contribution in [3.05, 3.63) is 72.0 Å². The van der Waals surface area contributed by atoms with Gasteiger partial charge in [-0.3, -0.25) is 4.79 Å². The minimum atomic E-state index is -0.0664. The molecule has 3 heteroatoms. The Hall–Kier alpha value is -2.39. The molecule has 1 saturated heterocycles. The van der Waals surface area contributed by atoms with Crippen molar-refractivity contribution < 1.29 is 14.1 Å². The number of quaternary nitrogens is 1. The Bertz CT molecular complexity index is 814. The summed E-state index contributed by atoms with van der Waals surface area (Å²) in [5, 5.41) is 0.998. The van der Waals surface area contributed by atoms with Crippen LogP contribution in [0.1, 0.15) is 35.4 Å². The number of nitrogens with one attached hydrogen (secondary N) is 1. The van der Waals surface area contributed by atoms with Crippen LogP contribution < -0.4 is 4.90 Å². The van der Waals surface area contributed by atoms with Gasteiger partial charge in [0, 0.05) is 11.8 Å². The smallest absolute Gasteiger partial charge is 0.255 e. The first-order chi connectivity index (χ1) is 12.3. The second kappa shape index (κ2) is 7.24. The molecule has 0 amide bonds. The summed E-state index contributed by atoms with van der Waals surface area (Å²) in [6, 6.07) is 20.0. The zero-order valence-electron chi connectivity index (χ0n) is 14.4. The second-order valence-corrected chi connectivity index (χ2v) is 6.97. The number of carbonyl (C=O) groups excluding carboxylic acids is 1. The average molecular weight is 334 g/mol. The zero-order valence-corrected chi connectivity index (χ0v) is 14.4. The third kappa shape index (κ3) is 3.52. The summed E-state index contributed by atoms with van der Waals surface area (Å²) < 4.78 is 5.88. The molecule has 1 atom stereocenters. The minimum absolute atomic E-state index is 0.0664. The number of hydrogen-bond donors (Lipinski definition) is 1. The third-order valence-electron chi connectivity index (χ3n) is 5.26. The van der Waals surface area contributed by atoms with Crippen LogP contribution in [-0.2, 0) is 6.42 Å². The van der Waals surface area contributed by atoms with Gasteiger partial charge in [0.1, 0.15) is 5.58 Å². The Morgan fingerprint density at radius 2 is 1.68 bits per heavy atom. The number of fused-ring (bicyclic) bond motifs is 1. The molecule has 1 N–H and O–H groups in total. The molecule has 0 radical (unpaired) electrons. The lowest BCUT2D eigenvalue weighted by molar-refractivity contribution is -0.920. The van der Waals surface area contributed by atoms with Crippen LogP contribution in [0.5, 0.6) is 0 Å². The predicted molar refractivity (Wildman–Crippen MR) is 99.0 cm³/mol. The second-order valence-electron chi connectivity index (χ2n) is 6.97. The van der Waals surface area contributed by atoms with Crippen molar-refractivity contribution in [1.29, 1.82) is 0 Å². The monoisotopic (exact) mass is 334 g/mol. The predicted octanol–water partition coefficient (Wildman–Crippen LogP) is 3.30. The number of likely N-dealkylation sites (tertiary alicyclic amines) is 1. The van der Waals surface area contributed by atoms with Crippen molar-refractivity contribution in [1.82, 2.24) is 0 Å². The largest absolute Gasteiger partial charge is 0.453 e. The molecule has 2 aromatic carbocycles. The third-order valence-corrected chi connectivity index (χ3v) is 5.26. The lowest BCUT2D eigenvalue weighted by Crippen LogP contribution is -3.17. The van der Waals surface area contributed by atoms with E-state index in [1.165, 1.54) is 29.7 Å². The fourth-order valence-electron chi connectivity index (χ4n) is 3.90. The summed E-state index contributed by atoms with van der Waals surface area (Å²) in [6.07, 6.45) is 4.45. The number of para-hydroxylation sites is 1. The molecule has 0 unspecified atom stereocenters. The van der Waals surface area contributed by atoms with Gasteiger partial charge in [-0.15, -0.1) is 0 Å². The van der Waals surface area contributed by atoms with E-state index in [0.29, 0.717) is 5.76 Å². The molecule has 0 bridgehead atoms. The molecule has 25 heavy (non-hydrogen) atoms. The van der Waals surface area contributed by atoms with E-state index in [0.717, 1.165) is 30.5 Å². The summed E-state index contributed by atoms with van der Waals surface area (Å²) in [4.78, 5) is 14.7. The number of benzene rings is 2. The maximum atomic E-state index is 13.3. The van der Waals surface area contributed by atoms with Crippen LogP contribution in [0.2, 0.25) is 0 Å². The van der Waals surface area contributed by atoms with Gasteiger partial charge in [-0.2, -0.15) is 0 Å². The van der Waals surface area contributed by atoms with Crippen LogP contribution in [0.4, 0.5) is 0 Å². The molecule has 1 fully saturated rings. The van der Waals surface area contributed by atoms with Gasteiger partial charge in [0.15, 0.2) is 11.8 Å². The molecule has 3 aromatic rings. The molecular formula is C22H24NO2+. The van der Waals surface area contributed by atoms with Crippen LogP contribution in [0.15, 0.2) is 65.1 Å². The van der Waals surface area contributed by atoms with Crippen molar-refractivity contribution >= 4 is 16.8 Å². The summed E-state index contributed by atoms with van der Waals surface area (Å²) in [5.74, 6) is 0.636. The maximum Gasteiger partial charge on any atom is 0.255 e. The first kappa shape index (κ1) is 16.1. The molecule has 1 aliphatic rings. The Balaban J connectivity index is 1.64. The van der Waals surface area contributed by atoms with Crippen molar-refractivity contribution in [3.8, 4) is 0 Å². The molecule has 0 saturated carbocycles. The van der Waals surface area contributed by atoms with E-state index >= 15 is 0 Å². The Kier molecular flexibility index (Phi) is 4.66. The topological polar surface area (TPSA) is 34.6 Å². The Labute approximate surface area is 148 Å². The van der Waals surface area contributed by atoms with E-state index in [9.17, 15) is 4.79 Å². The molecule has 4 rings (SSSR count). The van der Waals surface area contributed by atoms with Gasteiger partial charge in [-0.05, 0) is 37.0 Å². The molecule has 1 aliphatic heterocycles. The minimum Gasteiger partial charge on any atom is -0.453 e. The number of carbonyl (C=O) groups is 1. The number of ketones is 1.